The van der Waals surface area contributed by atoms with Crippen molar-refractivity contribution in [3.05, 3.63) is 59.2 Å². The molecule has 0 unspecified atom stereocenters. The minimum absolute atomic E-state index is 0.0120. The van der Waals surface area contributed by atoms with Gasteiger partial charge in [0.05, 0.1) is 13.1 Å². The molecule has 0 aliphatic heterocycles. The highest BCUT2D eigenvalue weighted by molar-refractivity contribution is 5.96. The molecule has 0 atom stereocenters. The van der Waals surface area contributed by atoms with Gasteiger partial charge in [0.1, 0.15) is 0 Å². The smallest absolute Gasteiger partial charge is 0.243 e. The third-order valence-corrected chi connectivity index (χ3v) is 4.05. The molecule has 2 aromatic carbocycles. The molecule has 6 heteroatoms. The summed E-state index contributed by atoms with van der Waals surface area (Å²) in [5.74, 6) is -0.638. The van der Waals surface area contributed by atoms with E-state index in [-0.39, 0.29) is 30.7 Å². The van der Waals surface area contributed by atoms with Crippen molar-refractivity contribution in [2.24, 2.45) is 0 Å². The van der Waals surface area contributed by atoms with Crippen molar-refractivity contribution in [3.8, 4) is 0 Å². The topological polar surface area (TPSA) is 87.3 Å². The van der Waals surface area contributed by atoms with Crippen LogP contribution >= 0.6 is 0 Å². The van der Waals surface area contributed by atoms with Gasteiger partial charge >= 0.3 is 0 Å². The van der Waals surface area contributed by atoms with Gasteiger partial charge in [-0.15, -0.1) is 0 Å². The van der Waals surface area contributed by atoms with E-state index < -0.39 is 0 Å². The molecule has 2 rings (SSSR count). The van der Waals surface area contributed by atoms with Crippen LogP contribution in [0.1, 0.15) is 28.4 Å². The Hall–Kier alpha value is -3.15. The molecule has 2 aromatic rings. The first-order chi connectivity index (χ1) is 12.4. The van der Waals surface area contributed by atoms with Crippen molar-refractivity contribution >= 4 is 29.0 Å². The summed E-state index contributed by atoms with van der Waals surface area (Å²) in [4.78, 5) is 35.2. The van der Waals surface area contributed by atoms with Gasteiger partial charge in [-0.3, -0.25) is 14.4 Å². The molecule has 26 heavy (non-hydrogen) atoms. The zero-order chi connectivity index (χ0) is 19.1. The molecular formula is C20H23N3O3. The first-order valence-corrected chi connectivity index (χ1v) is 8.34. The van der Waals surface area contributed by atoms with Crippen LogP contribution in [0.15, 0.2) is 42.5 Å². The molecule has 0 spiro atoms. The number of carbonyl (C=O) groups excluding carboxylic acids is 3. The third-order valence-electron chi connectivity index (χ3n) is 4.05. The van der Waals surface area contributed by atoms with Crippen LogP contribution in [0.5, 0.6) is 0 Å². The molecule has 6 nitrogen and oxygen atoms in total. The van der Waals surface area contributed by atoms with Gasteiger partial charge in [-0.05, 0) is 50.1 Å². The summed E-state index contributed by atoms with van der Waals surface area (Å²) in [5.41, 5.74) is 4.07. The molecule has 0 aliphatic carbocycles. The van der Waals surface area contributed by atoms with E-state index in [4.69, 9.17) is 0 Å². The highest BCUT2D eigenvalue weighted by Gasteiger charge is 2.08. The van der Waals surface area contributed by atoms with Gasteiger partial charge in [-0.2, -0.15) is 0 Å². The number of hydrogen-bond acceptors (Lipinski definition) is 4. The van der Waals surface area contributed by atoms with Crippen molar-refractivity contribution in [2.75, 3.05) is 23.7 Å². The standard InChI is InChI=1S/C20H23N3O3/c1-13-6-4-9-18(14(13)2)23-20(26)12-22-19(25)11-21-17-8-5-7-16(10-17)15(3)24/h4-10,21H,11-12H2,1-3H3,(H,22,25)(H,23,26). The fourth-order valence-electron chi connectivity index (χ4n) is 2.35. The second-order valence-electron chi connectivity index (χ2n) is 6.06. The molecule has 0 fully saturated rings. The van der Waals surface area contributed by atoms with E-state index in [9.17, 15) is 14.4 Å². The Morgan fingerprint density at radius 3 is 2.38 bits per heavy atom. The second-order valence-corrected chi connectivity index (χ2v) is 6.06. The Labute approximate surface area is 153 Å². The lowest BCUT2D eigenvalue weighted by atomic mass is 10.1. The van der Waals surface area contributed by atoms with Crippen LogP contribution in [-0.4, -0.2) is 30.7 Å². The number of Topliss-reactive ketones (excluding diaryl/α,β-unsaturated/α-hetero) is 1. The molecule has 2 amide bonds. The SMILES string of the molecule is CC(=O)c1cccc(NCC(=O)NCC(=O)Nc2cccc(C)c2C)c1. The number of rotatable bonds is 7. The minimum atomic E-state index is -0.311. The number of benzene rings is 2. The fourth-order valence-corrected chi connectivity index (χ4v) is 2.35. The van der Waals surface area contributed by atoms with E-state index >= 15 is 0 Å². The van der Waals surface area contributed by atoms with Crippen molar-refractivity contribution in [1.82, 2.24) is 5.32 Å². The van der Waals surface area contributed by atoms with Gasteiger partial charge in [0.2, 0.25) is 11.8 Å². The predicted molar refractivity (Wildman–Crippen MR) is 102 cm³/mol. The monoisotopic (exact) mass is 353 g/mol. The first-order valence-electron chi connectivity index (χ1n) is 8.34. The van der Waals surface area contributed by atoms with E-state index in [1.807, 2.05) is 32.0 Å². The summed E-state index contributed by atoms with van der Waals surface area (Å²) >= 11 is 0. The average Bonchev–Trinajstić information content (AvgIpc) is 2.62. The summed E-state index contributed by atoms with van der Waals surface area (Å²) in [7, 11) is 0. The van der Waals surface area contributed by atoms with Crippen molar-refractivity contribution in [1.29, 1.82) is 0 Å². The van der Waals surface area contributed by atoms with E-state index in [0.29, 0.717) is 11.3 Å². The Balaban J connectivity index is 1.79. The number of carbonyl (C=O) groups is 3. The highest BCUT2D eigenvalue weighted by atomic mass is 16.2. The molecule has 0 aromatic heterocycles. The van der Waals surface area contributed by atoms with E-state index in [1.165, 1.54) is 6.92 Å². The Morgan fingerprint density at radius 2 is 1.65 bits per heavy atom. The van der Waals surface area contributed by atoms with Crippen LogP contribution in [-0.2, 0) is 9.59 Å². The van der Waals surface area contributed by atoms with Crippen LogP contribution < -0.4 is 16.0 Å². The van der Waals surface area contributed by atoms with Gasteiger partial charge in [-0.25, -0.2) is 0 Å². The second kappa shape index (κ2) is 8.80. The van der Waals surface area contributed by atoms with Gasteiger partial charge in [0, 0.05) is 16.9 Å². The maximum atomic E-state index is 12.0. The maximum absolute atomic E-state index is 12.0. The highest BCUT2D eigenvalue weighted by Crippen LogP contribution is 2.17. The normalized spacial score (nSPS) is 10.1. The number of hydrogen-bond donors (Lipinski definition) is 3. The zero-order valence-corrected chi connectivity index (χ0v) is 15.2. The molecular weight excluding hydrogens is 330 g/mol. The molecule has 0 bridgehead atoms. The Bertz CT molecular complexity index is 831. The third kappa shape index (κ3) is 5.44. The van der Waals surface area contributed by atoms with Crippen LogP contribution in [0.25, 0.3) is 0 Å². The summed E-state index contributed by atoms with van der Waals surface area (Å²) in [6.45, 7) is 5.29. The summed E-state index contributed by atoms with van der Waals surface area (Å²) in [5, 5.41) is 8.29. The lowest BCUT2D eigenvalue weighted by Crippen LogP contribution is -2.36. The van der Waals surface area contributed by atoms with Gasteiger partial charge in [0.25, 0.3) is 0 Å². The quantitative estimate of drug-likeness (QED) is 0.668. The van der Waals surface area contributed by atoms with Crippen LogP contribution in [0.3, 0.4) is 0 Å². The van der Waals surface area contributed by atoms with Crippen LogP contribution in [0.4, 0.5) is 11.4 Å². The molecule has 0 radical (unpaired) electrons. The van der Waals surface area contributed by atoms with Crippen molar-refractivity contribution in [2.45, 2.75) is 20.8 Å². The van der Waals surface area contributed by atoms with Crippen molar-refractivity contribution in [3.63, 3.8) is 0 Å². The first kappa shape index (κ1) is 19.2. The summed E-state index contributed by atoms with van der Waals surface area (Å²) in [6.07, 6.45) is 0. The Kier molecular flexibility index (Phi) is 6.49. The van der Waals surface area contributed by atoms with Crippen LogP contribution in [0.2, 0.25) is 0 Å². The molecule has 0 heterocycles. The fraction of sp³-hybridized carbons (Fsp3) is 0.250. The number of amides is 2. The lowest BCUT2D eigenvalue weighted by Gasteiger charge is -2.11. The number of nitrogens with one attached hydrogen (secondary N) is 3. The lowest BCUT2D eigenvalue weighted by molar-refractivity contribution is -0.122. The average molecular weight is 353 g/mol. The molecule has 0 saturated carbocycles. The molecule has 3 N–H and O–H groups in total. The number of anilines is 2. The summed E-state index contributed by atoms with van der Waals surface area (Å²) < 4.78 is 0. The van der Waals surface area contributed by atoms with E-state index in [0.717, 1.165) is 16.8 Å². The maximum Gasteiger partial charge on any atom is 0.243 e. The number of ketones is 1. The summed E-state index contributed by atoms with van der Waals surface area (Å²) in [6, 6.07) is 12.6. The predicted octanol–water partition coefficient (Wildman–Crippen LogP) is 2.67. The van der Waals surface area contributed by atoms with Gasteiger partial charge in [-0.1, -0.05) is 24.3 Å². The van der Waals surface area contributed by atoms with Gasteiger partial charge < -0.3 is 16.0 Å². The minimum Gasteiger partial charge on any atom is -0.376 e. The molecule has 0 aliphatic rings. The molecule has 136 valence electrons. The van der Waals surface area contributed by atoms with Crippen molar-refractivity contribution < 1.29 is 14.4 Å². The van der Waals surface area contributed by atoms with Crippen LogP contribution in [0, 0.1) is 13.8 Å². The van der Waals surface area contributed by atoms with Gasteiger partial charge in [0.15, 0.2) is 5.78 Å². The Morgan fingerprint density at radius 1 is 0.923 bits per heavy atom. The van der Waals surface area contributed by atoms with E-state index in [1.54, 1.807) is 24.3 Å². The largest absolute Gasteiger partial charge is 0.376 e. The van der Waals surface area contributed by atoms with E-state index in [2.05, 4.69) is 16.0 Å². The molecule has 0 saturated heterocycles. The zero-order valence-electron chi connectivity index (χ0n) is 15.2. The number of aryl methyl sites for hydroxylation is 1.